The molecule has 0 spiro atoms. The Hall–Kier alpha value is -2.14. The van der Waals surface area contributed by atoms with E-state index in [0.29, 0.717) is 6.54 Å². The SMILES string of the molecule is Cc1cc(C)c(C)c(S[C@@H](C)C(=O)NCc2ccc3c(c2)OCO3)c1C. The van der Waals surface area contributed by atoms with Crippen LogP contribution in [0.1, 0.15) is 34.7 Å². The van der Waals surface area contributed by atoms with Crippen LogP contribution in [0.5, 0.6) is 11.5 Å². The zero-order valence-corrected chi connectivity index (χ0v) is 16.8. The van der Waals surface area contributed by atoms with E-state index in [2.05, 4.69) is 39.1 Å². The summed E-state index contributed by atoms with van der Waals surface area (Å²) in [6.07, 6.45) is 0. The van der Waals surface area contributed by atoms with E-state index in [-0.39, 0.29) is 18.0 Å². The minimum Gasteiger partial charge on any atom is -0.454 e. The number of carbonyl (C=O) groups is 1. The molecule has 0 fully saturated rings. The van der Waals surface area contributed by atoms with E-state index in [1.165, 1.54) is 27.1 Å². The van der Waals surface area contributed by atoms with Gasteiger partial charge in [0.2, 0.25) is 12.7 Å². The first-order valence-electron chi connectivity index (χ1n) is 8.77. The number of ether oxygens (including phenoxy) is 2. The number of rotatable bonds is 5. The van der Waals surface area contributed by atoms with Crippen LogP contribution in [-0.4, -0.2) is 18.0 Å². The van der Waals surface area contributed by atoms with Gasteiger partial charge >= 0.3 is 0 Å². The molecule has 0 aliphatic carbocycles. The van der Waals surface area contributed by atoms with Crippen molar-refractivity contribution in [2.45, 2.75) is 51.3 Å². The monoisotopic (exact) mass is 371 g/mol. The van der Waals surface area contributed by atoms with Crippen LogP contribution in [0.25, 0.3) is 0 Å². The standard InChI is InChI=1S/C21H25NO3S/c1-12-8-13(2)15(4)20(14(12)3)26-16(5)21(23)22-10-17-6-7-18-19(9-17)25-11-24-18/h6-9,16H,10-11H2,1-5H3,(H,22,23)/t16-/m0/s1. The normalized spacial score (nSPS) is 13.6. The highest BCUT2D eigenvalue weighted by atomic mass is 32.2. The molecule has 1 heterocycles. The Balaban J connectivity index is 1.64. The number of aryl methyl sites for hydroxylation is 2. The number of hydrogen-bond donors (Lipinski definition) is 1. The predicted molar refractivity (Wildman–Crippen MR) is 105 cm³/mol. The Labute approximate surface area is 159 Å². The third kappa shape index (κ3) is 3.83. The van der Waals surface area contributed by atoms with Crippen molar-refractivity contribution in [3.63, 3.8) is 0 Å². The number of carbonyl (C=O) groups excluding carboxylic acids is 1. The Morgan fingerprint density at radius 3 is 2.42 bits per heavy atom. The topological polar surface area (TPSA) is 47.6 Å². The Morgan fingerprint density at radius 2 is 1.73 bits per heavy atom. The highest BCUT2D eigenvalue weighted by molar-refractivity contribution is 8.00. The maximum absolute atomic E-state index is 12.6. The van der Waals surface area contributed by atoms with E-state index >= 15 is 0 Å². The molecule has 1 aliphatic heterocycles. The van der Waals surface area contributed by atoms with Gasteiger partial charge in [0.25, 0.3) is 0 Å². The molecule has 2 aromatic rings. The van der Waals surface area contributed by atoms with Gasteiger partial charge in [-0.3, -0.25) is 4.79 Å². The van der Waals surface area contributed by atoms with Gasteiger partial charge in [0.1, 0.15) is 0 Å². The molecule has 3 rings (SSSR count). The van der Waals surface area contributed by atoms with Gasteiger partial charge in [-0.2, -0.15) is 0 Å². The summed E-state index contributed by atoms with van der Waals surface area (Å²) in [5.41, 5.74) is 6.05. The quantitative estimate of drug-likeness (QED) is 0.789. The summed E-state index contributed by atoms with van der Waals surface area (Å²) in [6, 6.07) is 7.95. The molecule has 138 valence electrons. The molecule has 1 N–H and O–H groups in total. The van der Waals surface area contributed by atoms with Crippen LogP contribution in [0.2, 0.25) is 0 Å². The fourth-order valence-corrected chi connectivity index (χ4v) is 4.19. The Morgan fingerprint density at radius 1 is 1.08 bits per heavy atom. The van der Waals surface area contributed by atoms with Gasteiger partial charge in [0, 0.05) is 11.4 Å². The Kier molecular flexibility index (Phi) is 5.47. The van der Waals surface area contributed by atoms with Crippen molar-refractivity contribution < 1.29 is 14.3 Å². The van der Waals surface area contributed by atoms with Gasteiger partial charge in [-0.15, -0.1) is 11.8 Å². The molecular formula is C21H25NO3S. The Bertz CT molecular complexity index is 821. The zero-order valence-electron chi connectivity index (χ0n) is 15.9. The number of hydrogen-bond acceptors (Lipinski definition) is 4. The lowest BCUT2D eigenvalue weighted by Gasteiger charge is -2.18. The largest absolute Gasteiger partial charge is 0.454 e. The van der Waals surface area contributed by atoms with Crippen molar-refractivity contribution in [3.05, 3.63) is 52.1 Å². The molecule has 0 saturated carbocycles. The first-order chi connectivity index (χ1) is 12.4. The maximum atomic E-state index is 12.6. The average Bonchev–Trinajstić information content (AvgIpc) is 3.09. The van der Waals surface area contributed by atoms with Crippen LogP contribution in [-0.2, 0) is 11.3 Å². The summed E-state index contributed by atoms with van der Waals surface area (Å²) in [5, 5.41) is 2.86. The van der Waals surface area contributed by atoms with Crippen LogP contribution >= 0.6 is 11.8 Å². The second kappa shape index (κ2) is 7.62. The molecule has 4 nitrogen and oxygen atoms in total. The maximum Gasteiger partial charge on any atom is 0.233 e. The average molecular weight is 372 g/mol. The molecule has 1 aliphatic rings. The molecule has 0 aromatic heterocycles. The number of benzene rings is 2. The lowest BCUT2D eigenvalue weighted by molar-refractivity contribution is -0.120. The third-order valence-electron chi connectivity index (χ3n) is 4.86. The molecule has 0 unspecified atom stereocenters. The van der Waals surface area contributed by atoms with Gasteiger partial charge in [-0.1, -0.05) is 12.1 Å². The van der Waals surface area contributed by atoms with Gasteiger partial charge in [0.05, 0.1) is 5.25 Å². The van der Waals surface area contributed by atoms with E-state index in [1.807, 2.05) is 25.1 Å². The smallest absolute Gasteiger partial charge is 0.233 e. The minimum atomic E-state index is -0.164. The number of fused-ring (bicyclic) bond motifs is 1. The summed E-state index contributed by atoms with van der Waals surface area (Å²) >= 11 is 1.63. The first kappa shape index (κ1) is 18.6. The second-order valence-corrected chi connectivity index (χ2v) is 8.11. The van der Waals surface area contributed by atoms with E-state index in [0.717, 1.165) is 17.1 Å². The summed E-state index contributed by atoms with van der Waals surface area (Å²) in [6.45, 7) is 11.2. The molecule has 0 radical (unpaired) electrons. The van der Waals surface area contributed by atoms with E-state index in [1.54, 1.807) is 11.8 Å². The van der Waals surface area contributed by atoms with Crippen LogP contribution in [0.4, 0.5) is 0 Å². The molecule has 0 bridgehead atoms. The molecule has 1 amide bonds. The fourth-order valence-electron chi connectivity index (χ4n) is 2.97. The van der Waals surface area contributed by atoms with Crippen LogP contribution in [0.15, 0.2) is 29.2 Å². The van der Waals surface area contributed by atoms with Crippen molar-refractivity contribution in [1.29, 1.82) is 0 Å². The number of nitrogens with one attached hydrogen (secondary N) is 1. The first-order valence-corrected chi connectivity index (χ1v) is 9.65. The van der Waals surface area contributed by atoms with Crippen molar-refractivity contribution in [1.82, 2.24) is 5.32 Å². The molecule has 2 aromatic carbocycles. The summed E-state index contributed by atoms with van der Waals surface area (Å²) < 4.78 is 10.7. The number of thioether (sulfide) groups is 1. The zero-order chi connectivity index (χ0) is 18.8. The van der Waals surface area contributed by atoms with Crippen molar-refractivity contribution in [3.8, 4) is 11.5 Å². The van der Waals surface area contributed by atoms with Crippen molar-refractivity contribution in [2.75, 3.05) is 6.79 Å². The second-order valence-electron chi connectivity index (χ2n) is 6.75. The lowest BCUT2D eigenvalue weighted by atomic mass is 10.0. The molecular weight excluding hydrogens is 346 g/mol. The van der Waals surface area contributed by atoms with Crippen LogP contribution in [0, 0.1) is 27.7 Å². The molecule has 0 saturated heterocycles. The van der Waals surface area contributed by atoms with Gasteiger partial charge in [-0.25, -0.2) is 0 Å². The third-order valence-corrected chi connectivity index (χ3v) is 6.28. The predicted octanol–water partition coefficient (Wildman–Crippen LogP) is 4.45. The van der Waals surface area contributed by atoms with Crippen molar-refractivity contribution in [2.24, 2.45) is 0 Å². The molecule has 5 heteroatoms. The summed E-state index contributed by atoms with van der Waals surface area (Å²) in [4.78, 5) is 13.8. The highest BCUT2D eigenvalue weighted by Crippen LogP contribution is 2.34. The minimum absolute atomic E-state index is 0.0330. The van der Waals surface area contributed by atoms with Crippen LogP contribution < -0.4 is 14.8 Å². The van der Waals surface area contributed by atoms with Gasteiger partial charge < -0.3 is 14.8 Å². The molecule has 1 atom stereocenters. The molecule has 26 heavy (non-hydrogen) atoms. The fraction of sp³-hybridized carbons (Fsp3) is 0.381. The van der Waals surface area contributed by atoms with E-state index in [4.69, 9.17) is 9.47 Å². The van der Waals surface area contributed by atoms with Gasteiger partial charge in [-0.05, 0) is 74.6 Å². The van der Waals surface area contributed by atoms with E-state index in [9.17, 15) is 4.79 Å². The van der Waals surface area contributed by atoms with Gasteiger partial charge in [0.15, 0.2) is 11.5 Å². The summed E-state index contributed by atoms with van der Waals surface area (Å²) in [5.74, 6) is 1.52. The van der Waals surface area contributed by atoms with Crippen molar-refractivity contribution >= 4 is 17.7 Å². The van der Waals surface area contributed by atoms with Crippen LogP contribution in [0.3, 0.4) is 0 Å². The van der Waals surface area contributed by atoms with E-state index < -0.39 is 0 Å². The summed E-state index contributed by atoms with van der Waals surface area (Å²) in [7, 11) is 0. The lowest BCUT2D eigenvalue weighted by Crippen LogP contribution is -2.30. The highest BCUT2D eigenvalue weighted by Gasteiger charge is 2.19. The number of amides is 1.